The molecule has 24 heavy (non-hydrogen) atoms. The fraction of sp³-hybridized carbons (Fsp3) is 0.529. The van der Waals surface area contributed by atoms with Gasteiger partial charge < -0.3 is 16.0 Å². The molecule has 1 unspecified atom stereocenters. The minimum absolute atomic E-state index is 0.0211. The molecule has 0 aromatic heterocycles. The molecule has 1 aromatic carbocycles. The van der Waals surface area contributed by atoms with Crippen molar-refractivity contribution < 1.29 is 9.59 Å². The average molecular weight is 370 g/mol. The summed E-state index contributed by atoms with van der Waals surface area (Å²) < 4.78 is 0. The van der Waals surface area contributed by atoms with Crippen molar-refractivity contribution in [1.29, 1.82) is 0 Å². The van der Waals surface area contributed by atoms with Crippen molar-refractivity contribution in [1.82, 2.24) is 10.2 Å². The van der Waals surface area contributed by atoms with Crippen LogP contribution in [0.25, 0.3) is 0 Å². The van der Waals surface area contributed by atoms with E-state index in [2.05, 4.69) is 5.32 Å². The zero-order valence-corrected chi connectivity index (χ0v) is 15.5. The highest BCUT2D eigenvalue weighted by molar-refractivity contribution is 7.99. The summed E-state index contributed by atoms with van der Waals surface area (Å²) in [5.74, 6) is 0.638. The first-order valence-electron chi connectivity index (χ1n) is 8.26. The van der Waals surface area contributed by atoms with Gasteiger partial charge in [-0.15, -0.1) is 11.8 Å². The van der Waals surface area contributed by atoms with Crippen LogP contribution < -0.4 is 11.1 Å². The molecule has 1 aromatic rings. The number of carbonyl (C=O) groups is 2. The van der Waals surface area contributed by atoms with Crippen LogP contribution in [0.5, 0.6) is 0 Å². The molecule has 0 bridgehead atoms. The summed E-state index contributed by atoms with van der Waals surface area (Å²) in [6.07, 6.45) is 1.62. The number of benzene rings is 1. The molecule has 132 valence electrons. The second-order valence-corrected chi connectivity index (χ2v) is 7.49. The summed E-state index contributed by atoms with van der Waals surface area (Å²) in [5, 5.41) is 3.36. The topological polar surface area (TPSA) is 75.4 Å². The molecule has 1 aliphatic rings. The first-order chi connectivity index (χ1) is 11.6. The van der Waals surface area contributed by atoms with Gasteiger partial charge in [-0.2, -0.15) is 0 Å². The number of nitrogens with two attached hydrogens (primary N) is 1. The van der Waals surface area contributed by atoms with Gasteiger partial charge in [-0.25, -0.2) is 0 Å². The third kappa shape index (κ3) is 4.88. The Morgan fingerprint density at radius 1 is 1.46 bits per heavy atom. The molecule has 0 radical (unpaired) electrons. The Morgan fingerprint density at radius 2 is 2.25 bits per heavy atom. The number of thioether (sulfide) groups is 1. The highest BCUT2D eigenvalue weighted by Crippen LogP contribution is 2.28. The number of likely N-dealkylation sites (tertiary alicyclic amines) is 1. The van der Waals surface area contributed by atoms with Crippen molar-refractivity contribution >= 4 is 35.2 Å². The van der Waals surface area contributed by atoms with Crippen LogP contribution in [0.1, 0.15) is 30.1 Å². The smallest absolute Gasteiger partial charge is 0.255 e. The molecule has 2 rings (SSSR count). The molecule has 0 spiro atoms. The fourth-order valence-electron chi connectivity index (χ4n) is 2.84. The van der Waals surface area contributed by atoms with E-state index in [0.29, 0.717) is 36.8 Å². The van der Waals surface area contributed by atoms with Crippen LogP contribution in [0.2, 0.25) is 5.02 Å². The van der Waals surface area contributed by atoms with Crippen molar-refractivity contribution in [3.05, 3.63) is 28.8 Å². The SMILES string of the molecule is CCSc1ccc(Cl)cc1C(=O)N1CCCC(C(=O)NCCN)C1. The predicted octanol–water partition coefficient (Wildman–Crippen LogP) is 2.38. The minimum atomic E-state index is -0.171. The Bertz CT molecular complexity index is 597. The van der Waals surface area contributed by atoms with E-state index in [1.807, 2.05) is 13.0 Å². The lowest BCUT2D eigenvalue weighted by Gasteiger charge is -2.32. The number of halogens is 1. The maximum absolute atomic E-state index is 12.9. The summed E-state index contributed by atoms with van der Waals surface area (Å²) in [6, 6.07) is 5.41. The van der Waals surface area contributed by atoms with Crippen LogP contribution in [-0.4, -0.2) is 48.6 Å². The second-order valence-electron chi connectivity index (χ2n) is 5.74. The van der Waals surface area contributed by atoms with E-state index < -0.39 is 0 Å². The first kappa shape index (κ1) is 19.1. The van der Waals surface area contributed by atoms with E-state index in [0.717, 1.165) is 23.5 Å². The molecule has 5 nitrogen and oxygen atoms in total. The molecule has 0 aliphatic carbocycles. The van der Waals surface area contributed by atoms with Crippen molar-refractivity contribution in [2.75, 3.05) is 31.9 Å². The van der Waals surface area contributed by atoms with Gasteiger partial charge in [0.15, 0.2) is 0 Å². The van der Waals surface area contributed by atoms with E-state index in [4.69, 9.17) is 17.3 Å². The Labute approximate surface area is 152 Å². The van der Waals surface area contributed by atoms with Crippen molar-refractivity contribution in [2.24, 2.45) is 11.7 Å². The summed E-state index contributed by atoms with van der Waals surface area (Å²) in [4.78, 5) is 27.8. The highest BCUT2D eigenvalue weighted by Gasteiger charge is 2.29. The Kier molecular flexibility index (Phi) is 7.40. The molecular weight excluding hydrogens is 346 g/mol. The number of nitrogens with zero attached hydrogens (tertiary/aromatic N) is 1. The molecule has 3 N–H and O–H groups in total. The van der Waals surface area contributed by atoms with E-state index in [1.165, 1.54) is 0 Å². The van der Waals surface area contributed by atoms with Crippen molar-refractivity contribution in [3.63, 3.8) is 0 Å². The Hall–Kier alpha value is -1.24. The lowest BCUT2D eigenvalue weighted by molar-refractivity contribution is -0.126. The second kappa shape index (κ2) is 9.30. The van der Waals surface area contributed by atoms with E-state index in [-0.39, 0.29) is 17.7 Å². The highest BCUT2D eigenvalue weighted by atomic mass is 35.5. The average Bonchev–Trinajstić information content (AvgIpc) is 2.60. The van der Waals surface area contributed by atoms with Crippen LogP contribution in [0, 0.1) is 5.92 Å². The molecule has 1 heterocycles. The number of nitrogens with one attached hydrogen (secondary N) is 1. The summed E-state index contributed by atoms with van der Waals surface area (Å²) in [6.45, 7) is 4.04. The maximum Gasteiger partial charge on any atom is 0.255 e. The van der Waals surface area contributed by atoms with E-state index in [1.54, 1.807) is 28.8 Å². The summed E-state index contributed by atoms with van der Waals surface area (Å²) >= 11 is 7.70. The zero-order chi connectivity index (χ0) is 17.5. The molecule has 7 heteroatoms. The van der Waals surface area contributed by atoms with E-state index in [9.17, 15) is 9.59 Å². The molecule has 0 saturated carbocycles. The lowest BCUT2D eigenvalue weighted by atomic mass is 9.96. The van der Waals surface area contributed by atoms with Gasteiger partial charge in [0.05, 0.1) is 11.5 Å². The quantitative estimate of drug-likeness (QED) is 0.755. The van der Waals surface area contributed by atoms with Crippen molar-refractivity contribution in [2.45, 2.75) is 24.7 Å². The lowest BCUT2D eigenvalue weighted by Crippen LogP contribution is -2.46. The standard InChI is InChI=1S/C17H24ClN3O2S/c1-2-24-15-6-5-13(18)10-14(15)17(23)21-9-3-4-12(11-21)16(22)20-8-7-19/h5-6,10,12H,2-4,7-9,11,19H2,1H3,(H,20,22). The van der Waals surface area contributed by atoms with Crippen LogP contribution >= 0.6 is 23.4 Å². The summed E-state index contributed by atoms with van der Waals surface area (Å²) in [5.41, 5.74) is 6.05. The van der Waals surface area contributed by atoms with Crippen molar-refractivity contribution in [3.8, 4) is 0 Å². The third-order valence-electron chi connectivity index (χ3n) is 3.99. The first-order valence-corrected chi connectivity index (χ1v) is 9.62. The number of piperidine rings is 1. The monoisotopic (exact) mass is 369 g/mol. The van der Waals surface area contributed by atoms with Gasteiger partial charge in [-0.3, -0.25) is 9.59 Å². The van der Waals surface area contributed by atoms with Gasteiger partial charge in [-0.05, 0) is 36.8 Å². The number of rotatable bonds is 6. The van der Waals surface area contributed by atoms with Crippen LogP contribution in [0.15, 0.2) is 23.1 Å². The molecule has 1 aliphatic heterocycles. The molecule has 1 atom stereocenters. The molecular formula is C17H24ClN3O2S. The number of hydrogen-bond donors (Lipinski definition) is 2. The predicted molar refractivity (Wildman–Crippen MR) is 98.5 cm³/mol. The van der Waals surface area contributed by atoms with Gasteiger partial charge in [0.25, 0.3) is 5.91 Å². The molecule has 1 fully saturated rings. The van der Waals surface area contributed by atoms with Gasteiger partial charge >= 0.3 is 0 Å². The van der Waals surface area contributed by atoms with Gasteiger partial charge in [0, 0.05) is 36.1 Å². The van der Waals surface area contributed by atoms with E-state index >= 15 is 0 Å². The van der Waals surface area contributed by atoms with Crippen LogP contribution in [0.3, 0.4) is 0 Å². The van der Waals surface area contributed by atoms with Gasteiger partial charge in [0.1, 0.15) is 0 Å². The summed E-state index contributed by atoms with van der Waals surface area (Å²) in [7, 11) is 0. The number of amides is 2. The maximum atomic E-state index is 12.9. The van der Waals surface area contributed by atoms with Gasteiger partial charge in [-0.1, -0.05) is 18.5 Å². The molecule has 1 saturated heterocycles. The molecule has 2 amide bonds. The Morgan fingerprint density at radius 3 is 2.96 bits per heavy atom. The Balaban J connectivity index is 2.11. The minimum Gasteiger partial charge on any atom is -0.355 e. The largest absolute Gasteiger partial charge is 0.355 e. The zero-order valence-electron chi connectivity index (χ0n) is 13.9. The van der Waals surface area contributed by atoms with Gasteiger partial charge in [0.2, 0.25) is 5.91 Å². The van der Waals surface area contributed by atoms with Crippen LogP contribution in [-0.2, 0) is 4.79 Å². The third-order valence-corrected chi connectivity index (χ3v) is 5.19. The number of carbonyl (C=O) groups excluding carboxylic acids is 2. The van der Waals surface area contributed by atoms with Crippen LogP contribution in [0.4, 0.5) is 0 Å². The normalized spacial score (nSPS) is 17.6. The number of hydrogen-bond acceptors (Lipinski definition) is 4. The fourth-order valence-corrected chi connectivity index (χ4v) is 3.79.